The molecule has 2 N–H and O–H groups in total. The van der Waals surface area contributed by atoms with Crippen LogP contribution in [-0.4, -0.2) is 22.2 Å². The first-order chi connectivity index (χ1) is 7.48. The smallest absolute Gasteiger partial charge is 0.311 e. The topological polar surface area (TPSA) is 98.4 Å². The second kappa shape index (κ2) is 6.47. The van der Waals surface area contributed by atoms with E-state index < -0.39 is 23.8 Å². The van der Waals surface area contributed by atoms with Crippen molar-refractivity contribution in [3.8, 4) is 18.4 Å². The van der Waals surface area contributed by atoms with E-state index >= 15 is 0 Å². The number of nitrogens with zero attached hydrogens (tertiary/aromatic N) is 1. The van der Waals surface area contributed by atoms with Gasteiger partial charge in [-0.05, 0) is 12.8 Å². The molecule has 0 aliphatic heterocycles. The molecule has 0 aliphatic carbocycles. The lowest BCUT2D eigenvalue weighted by atomic mass is 9.77. The van der Waals surface area contributed by atoms with Crippen molar-refractivity contribution in [2.45, 2.75) is 32.1 Å². The molecule has 0 aliphatic rings. The molecular weight excluding hydrogens is 210 g/mol. The molecule has 0 fully saturated rings. The lowest BCUT2D eigenvalue weighted by Crippen LogP contribution is -2.33. The Morgan fingerprint density at radius 2 is 2.00 bits per heavy atom. The number of carbonyl (C=O) groups is 2. The first-order valence-electron chi connectivity index (χ1n) is 4.74. The molecule has 0 bridgehead atoms. The zero-order valence-electron chi connectivity index (χ0n) is 8.77. The van der Waals surface area contributed by atoms with E-state index in [1.54, 1.807) is 0 Å². The zero-order chi connectivity index (χ0) is 12.6. The molecule has 0 aromatic heterocycles. The van der Waals surface area contributed by atoms with E-state index in [0.29, 0.717) is 6.42 Å². The Kier molecular flexibility index (Phi) is 5.66. The van der Waals surface area contributed by atoms with Gasteiger partial charge in [0.05, 0.1) is 17.9 Å². The normalized spacial score (nSPS) is 13.1. The highest BCUT2D eigenvalue weighted by molar-refractivity contribution is 5.81. The Hall–Kier alpha value is -2.01. The van der Waals surface area contributed by atoms with Crippen molar-refractivity contribution in [2.75, 3.05) is 0 Å². The Labute approximate surface area is 93.7 Å². The summed E-state index contributed by atoms with van der Waals surface area (Å²) in [5.41, 5.74) is -1.45. The summed E-state index contributed by atoms with van der Waals surface area (Å²) in [6.07, 6.45) is 5.03. The van der Waals surface area contributed by atoms with Crippen LogP contribution >= 0.6 is 0 Å². The quantitative estimate of drug-likeness (QED) is 0.500. The molecule has 0 aromatic carbocycles. The zero-order valence-corrected chi connectivity index (χ0v) is 8.77. The van der Waals surface area contributed by atoms with E-state index in [1.165, 1.54) is 0 Å². The van der Waals surface area contributed by atoms with Crippen molar-refractivity contribution in [1.82, 2.24) is 0 Å². The van der Waals surface area contributed by atoms with Crippen LogP contribution < -0.4 is 0 Å². The van der Waals surface area contributed by atoms with Crippen LogP contribution in [0.4, 0.5) is 0 Å². The summed E-state index contributed by atoms with van der Waals surface area (Å²) in [5, 5.41) is 26.1. The van der Waals surface area contributed by atoms with Gasteiger partial charge in [0.1, 0.15) is 0 Å². The van der Waals surface area contributed by atoms with E-state index in [1.807, 2.05) is 6.07 Å². The van der Waals surface area contributed by atoms with Crippen molar-refractivity contribution < 1.29 is 19.8 Å². The molecule has 1 atom stereocenters. The number of carboxylic acids is 2. The summed E-state index contributed by atoms with van der Waals surface area (Å²) in [6, 6.07) is 1.88. The predicted octanol–water partition coefficient (Wildman–Crippen LogP) is 1.25. The van der Waals surface area contributed by atoms with Crippen LogP contribution in [0.15, 0.2) is 0 Å². The maximum Gasteiger partial charge on any atom is 0.311 e. The van der Waals surface area contributed by atoms with Gasteiger partial charge in [-0.2, -0.15) is 5.26 Å². The fourth-order valence-corrected chi connectivity index (χ4v) is 1.49. The van der Waals surface area contributed by atoms with E-state index in [4.69, 9.17) is 21.9 Å². The van der Waals surface area contributed by atoms with E-state index in [-0.39, 0.29) is 19.3 Å². The third kappa shape index (κ3) is 4.02. The molecule has 5 heteroatoms. The van der Waals surface area contributed by atoms with E-state index in [2.05, 4.69) is 5.92 Å². The lowest BCUT2D eigenvalue weighted by Gasteiger charge is -2.25. The van der Waals surface area contributed by atoms with Crippen LogP contribution in [0.25, 0.3) is 0 Å². The number of terminal acetylenes is 1. The average molecular weight is 223 g/mol. The number of carboxylic acid groups (broad SMARTS) is 2. The van der Waals surface area contributed by atoms with Crippen molar-refractivity contribution >= 4 is 11.9 Å². The Morgan fingerprint density at radius 3 is 2.38 bits per heavy atom. The maximum atomic E-state index is 11.1. The second-order valence-corrected chi connectivity index (χ2v) is 3.55. The molecule has 5 nitrogen and oxygen atoms in total. The molecule has 0 rings (SSSR count). The lowest BCUT2D eigenvalue weighted by molar-refractivity contribution is -0.156. The van der Waals surface area contributed by atoms with Crippen molar-refractivity contribution in [1.29, 1.82) is 5.26 Å². The van der Waals surface area contributed by atoms with E-state index in [9.17, 15) is 9.59 Å². The third-order valence-corrected chi connectivity index (χ3v) is 2.33. The van der Waals surface area contributed by atoms with Crippen LogP contribution in [0.1, 0.15) is 32.1 Å². The molecule has 0 saturated carbocycles. The van der Waals surface area contributed by atoms with Gasteiger partial charge in [0.2, 0.25) is 0 Å². The summed E-state index contributed by atoms with van der Waals surface area (Å²) < 4.78 is 0. The number of rotatable bonds is 7. The number of aliphatic carboxylic acids is 2. The second-order valence-electron chi connectivity index (χ2n) is 3.55. The summed E-state index contributed by atoms with van der Waals surface area (Å²) in [7, 11) is 0. The number of nitriles is 1. The monoisotopic (exact) mass is 223 g/mol. The molecule has 0 aromatic rings. The standard InChI is InChI=1S/C11H13NO4/c1-2-5-11(10(15)16,8-9(13)14)6-3-4-7-12/h1H,3-6,8H2,(H,13,14)(H,15,16). The van der Waals surface area contributed by atoms with Crippen molar-refractivity contribution in [2.24, 2.45) is 5.41 Å². The largest absolute Gasteiger partial charge is 0.481 e. The van der Waals surface area contributed by atoms with E-state index in [0.717, 1.165) is 0 Å². The molecular formula is C11H13NO4. The molecule has 1 unspecified atom stereocenters. The van der Waals surface area contributed by atoms with Crippen LogP contribution in [0, 0.1) is 29.1 Å². The minimum atomic E-state index is -1.45. The fraction of sp³-hybridized carbons (Fsp3) is 0.545. The highest BCUT2D eigenvalue weighted by atomic mass is 16.4. The Bertz CT molecular complexity index is 350. The van der Waals surface area contributed by atoms with Crippen molar-refractivity contribution in [3.05, 3.63) is 0 Å². The van der Waals surface area contributed by atoms with Gasteiger partial charge < -0.3 is 10.2 Å². The van der Waals surface area contributed by atoms with Gasteiger partial charge in [-0.3, -0.25) is 9.59 Å². The maximum absolute atomic E-state index is 11.1. The first kappa shape index (κ1) is 14.0. The molecule has 86 valence electrons. The summed E-state index contributed by atoms with van der Waals surface area (Å²) in [4.78, 5) is 21.7. The minimum absolute atomic E-state index is 0.104. The summed E-state index contributed by atoms with van der Waals surface area (Å²) >= 11 is 0. The van der Waals surface area contributed by atoms with Gasteiger partial charge in [-0.15, -0.1) is 12.3 Å². The highest BCUT2D eigenvalue weighted by Gasteiger charge is 2.39. The van der Waals surface area contributed by atoms with Gasteiger partial charge in [-0.25, -0.2) is 0 Å². The van der Waals surface area contributed by atoms with Gasteiger partial charge in [0.25, 0.3) is 0 Å². The molecule has 0 saturated heterocycles. The molecule has 0 spiro atoms. The minimum Gasteiger partial charge on any atom is -0.481 e. The summed E-state index contributed by atoms with van der Waals surface area (Å²) in [5.74, 6) is -0.221. The SMILES string of the molecule is C#CCC(CCCC#N)(CC(=O)O)C(=O)O. The molecule has 0 radical (unpaired) electrons. The van der Waals surface area contributed by atoms with Crippen LogP contribution in [0.2, 0.25) is 0 Å². The third-order valence-electron chi connectivity index (χ3n) is 2.33. The van der Waals surface area contributed by atoms with Crippen molar-refractivity contribution in [3.63, 3.8) is 0 Å². The number of hydrogen-bond donors (Lipinski definition) is 2. The fourth-order valence-electron chi connectivity index (χ4n) is 1.49. The summed E-state index contributed by atoms with van der Waals surface area (Å²) in [6.45, 7) is 0. The Balaban J connectivity index is 4.81. The number of hydrogen-bond acceptors (Lipinski definition) is 3. The average Bonchev–Trinajstić information content (AvgIpc) is 2.17. The Morgan fingerprint density at radius 1 is 1.38 bits per heavy atom. The molecule has 0 amide bonds. The van der Waals surface area contributed by atoms with Gasteiger partial charge in [0.15, 0.2) is 0 Å². The molecule has 0 heterocycles. The predicted molar refractivity (Wildman–Crippen MR) is 55.2 cm³/mol. The van der Waals surface area contributed by atoms with Gasteiger partial charge >= 0.3 is 11.9 Å². The first-order valence-corrected chi connectivity index (χ1v) is 4.74. The van der Waals surface area contributed by atoms with Gasteiger partial charge in [-0.1, -0.05) is 0 Å². The van der Waals surface area contributed by atoms with Crippen LogP contribution in [0.3, 0.4) is 0 Å². The van der Waals surface area contributed by atoms with Crippen LogP contribution in [0.5, 0.6) is 0 Å². The van der Waals surface area contributed by atoms with Crippen LogP contribution in [-0.2, 0) is 9.59 Å². The highest BCUT2D eigenvalue weighted by Crippen LogP contribution is 2.33. The molecule has 16 heavy (non-hydrogen) atoms. The van der Waals surface area contributed by atoms with Gasteiger partial charge in [0, 0.05) is 12.8 Å². The number of unbranched alkanes of at least 4 members (excludes halogenated alkanes) is 1.